The van der Waals surface area contributed by atoms with Gasteiger partial charge in [0.05, 0.1) is 26.4 Å². The minimum absolute atomic E-state index is 0.270. The van der Waals surface area contributed by atoms with Gasteiger partial charge in [-0.15, -0.1) is 0 Å². The molecular formula is C17H27N3O2S. The largest absolute Gasteiger partial charge is 0.497 e. The summed E-state index contributed by atoms with van der Waals surface area (Å²) in [6, 6.07) is 8.55. The third-order valence-corrected chi connectivity index (χ3v) is 4.27. The molecule has 1 aromatic carbocycles. The maximum absolute atomic E-state index is 5.48. The predicted octanol–water partition coefficient (Wildman–Crippen LogP) is 1.94. The summed E-state index contributed by atoms with van der Waals surface area (Å²) in [7, 11) is 1.69. The highest BCUT2D eigenvalue weighted by molar-refractivity contribution is 7.80. The summed E-state index contributed by atoms with van der Waals surface area (Å²) in [5.41, 5.74) is 1.26. The van der Waals surface area contributed by atoms with Crippen molar-refractivity contribution < 1.29 is 9.47 Å². The van der Waals surface area contributed by atoms with Crippen LogP contribution in [-0.4, -0.2) is 56.5 Å². The highest BCUT2D eigenvalue weighted by Gasteiger charge is 2.22. The third kappa shape index (κ3) is 5.64. The molecule has 0 radical (unpaired) electrons. The van der Waals surface area contributed by atoms with Gasteiger partial charge in [0.15, 0.2) is 5.11 Å². The van der Waals surface area contributed by atoms with E-state index in [0.29, 0.717) is 0 Å². The first-order chi connectivity index (χ1) is 11.2. The Morgan fingerprint density at radius 1 is 1.26 bits per heavy atom. The van der Waals surface area contributed by atoms with Gasteiger partial charge in [-0.2, -0.15) is 0 Å². The molecule has 0 aromatic heterocycles. The Bertz CT molecular complexity index is 475. The molecule has 128 valence electrons. The molecule has 2 rings (SSSR count). The Hall–Kier alpha value is -1.37. The van der Waals surface area contributed by atoms with Gasteiger partial charge in [-0.05, 0) is 36.3 Å². The van der Waals surface area contributed by atoms with Crippen LogP contribution >= 0.6 is 12.2 Å². The van der Waals surface area contributed by atoms with Crippen molar-refractivity contribution in [3.8, 4) is 5.75 Å². The van der Waals surface area contributed by atoms with E-state index >= 15 is 0 Å². The maximum atomic E-state index is 5.48. The average molecular weight is 337 g/mol. The molecule has 1 heterocycles. The Kier molecular flexibility index (Phi) is 7.58. The Morgan fingerprint density at radius 2 is 1.96 bits per heavy atom. The number of thiocarbonyl (C=S) groups is 1. The summed E-state index contributed by atoms with van der Waals surface area (Å²) >= 11 is 5.34. The summed E-state index contributed by atoms with van der Waals surface area (Å²) in [5.74, 6) is 0.877. The van der Waals surface area contributed by atoms with E-state index in [1.54, 1.807) is 7.11 Å². The molecule has 1 aromatic rings. The Labute approximate surface area is 144 Å². The van der Waals surface area contributed by atoms with E-state index in [-0.39, 0.29) is 6.04 Å². The fourth-order valence-electron chi connectivity index (χ4n) is 2.66. The second-order valence-corrected chi connectivity index (χ2v) is 5.98. The lowest BCUT2D eigenvalue weighted by molar-refractivity contribution is 0.0170. The molecule has 6 heteroatoms. The van der Waals surface area contributed by atoms with Crippen LogP contribution in [0, 0.1) is 0 Å². The molecule has 1 unspecified atom stereocenters. The monoisotopic (exact) mass is 337 g/mol. The van der Waals surface area contributed by atoms with Crippen molar-refractivity contribution in [1.29, 1.82) is 0 Å². The second kappa shape index (κ2) is 9.70. The fraction of sp³-hybridized carbons (Fsp3) is 0.588. The molecule has 0 bridgehead atoms. The van der Waals surface area contributed by atoms with Crippen LogP contribution in [0.5, 0.6) is 5.75 Å². The number of hydrogen-bond acceptors (Lipinski definition) is 4. The van der Waals surface area contributed by atoms with Crippen LogP contribution < -0.4 is 15.4 Å². The van der Waals surface area contributed by atoms with Crippen molar-refractivity contribution in [2.45, 2.75) is 19.4 Å². The van der Waals surface area contributed by atoms with Crippen molar-refractivity contribution in [3.05, 3.63) is 29.8 Å². The van der Waals surface area contributed by atoms with Gasteiger partial charge in [-0.3, -0.25) is 4.90 Å². The van der Waals surface area contributed by atoms with Gasteiger partial charge in [0.2, 0.25) is 0 Å². The number of nitrogens with zero attached hydrogens (tertiary/aromatic N) is 1. The van der Waals surface area contributed by atoms with Gasteiger partial charge < -0.3 is 20.1 Å². The predicted molar refractivity (Wildman–Crippen MR) is 97.0 cm³/mol. The van der Waals surface area contributed by atoms with Gasteiger partial charge in [-0.25, -0.2) is 0 Å². The molecule has 0 amide bonds. The number of ether oxygens (including phenoxy) is 2. The van der Waals surface area contributed by atoms with Crippen LogP contribution in [0.3, 0.4) is 0 Å². The van der Waals surface area contributed by atoms with Crippen molar-refractivity contribution >= 4 is 17.3 Å². The molecule has 2 N–H and O–H groups in total. The van der Waals surface area contributed by atoms with Crippen molar-refractivity contribution in [3.63, 3.8) is 0 Å². The standard InChI is InChI=1S/C17H27N3O2S/c1-3-8-18-17(23)19-13-16(20-9-11-22-12-10-20)14-4-6-15(21-2)7-5-14/h4-7,16H,3,8-13H2,1-2H3,(H2,18,19,23). The number of nitrogens with one attached hydrogen (secondary N) is 2. The number of methoxy groups -OCH3 is 1. The number of hydrogen-bond donors (Lipinski definition) is 2. The van der Waals surface area contributed by atoms with Crippen molar-refractivity contribution in [1.82, 2.24) is 15.5 Å². The quantitative estimate of drug-likeness (QED) is 0.742. The van der Waals surface area contributed by atoms with E-state index in [1.165, 1.54) is 5.56 Å². The van der Waals surface area contributed by atoms with Gasteiger partial charge in [0.1, 0.15) is 5.75 Å². The zero-order valence-electron chi connectivity index (χ0n) is 14.0. The lowest BCUT2D eigenvalue weighted by Crippen LogP contribution is -2.45. The second-order valence-electron chi connectivity index (χ2n) is 5.57. The smallest absolute Gasteiger partial charge is 0.166 e. The number of morpholine rings is 1. The highest BCUT2D eigenvalue weighted by Crippen LogP contribution is 2.23. The topological polar surface area (TPSA) is 45.8 Å². The lowest BCUT2D eigenvalue weighted by atomic mass is 10.0. The van der Waals surface area contributed by atoms with Gasteiger partial charge >= 0.3 is 0 Å². The van der Waals surface area contributed by atoms with Crippen LogP contribution in [0.1, 0.15) is 24.9 Å². The summed E-state index contributed by atoms with van der Waals surface area (Å²) in [5, 5.41) is 7.29. The van der Waals surface area contributed by atoms with E-state index in [0.717, 1.165) is 56.7 Å². The van der Waals surface area contributed by atoms with Gasteiger partial charge in [0.25, 0.3) is 0 Å². The molecule has 1 aliphatic rings. The molecule has 0 saturated carbocycles. The minimum atomic E-state index is 0.270. The van der Waals surface area contributed by atoms with Crippen LogP contribution in [-0.2, 0) is 4.74 Å². The van der Waals surface area contributed by atoms with E-state index in [1.807, 2.05) is 12.1 Å². The zero-order valence-corrected chi connectivity index (χ0v) is 14.8. The summed E-state index contributed by atoms with van der Waals surface area (Å²) in [6.45, 7) is 7.25. The number of rotatable bonds is 7. The van der Waals surface area contributed by atoms with Crippen molar-refractivity contribution in [2.24, 2.45) is 0 Å². The molecule has 0 aliphatic carbocycles. The molecule has 0 spiro atoms. The Morgan fingerprint density at radius 3 is 2.57 bits per heavy atom. The fourth-order valence-corrected chi connectivity index (χ4v) is 2.85. The summed E-state index contributed by atoms with van der Waals surface area (Å²) < 4.78 is 10.7. The zero-order chi connectivity index (χ0) is 16.5. The van der Waals surface area contributed by atoms with Crippen LogP contribution in [0.2, 0.25) is 0 Å². The minimum Gasteiger partial charge on any atom is -0.497 e. The van der Waals surface area contributed by atoms with Gasteiger partial charge in [-0.1, -0.05) is 19.1 Å². The molecule has 1 aliphatic heterocycles. The normalized spacial score (nSPS) is 16.6. The first-order valence-electron chi connectivity index (χ1n) is 8.22. The van der Waals surface area contributed by atoms with Crippen molar-refractivity contribution in [2.75, 3.05) is 46.5 Å². The molecular weight excluding hydrogens is 310 g/mol. The van der Waals surface area contributed by atoms with E-state index < -0.39 is 0 Å². The molecule has 1 saturated heterocycles. The Balaban J connectivity index is 2.02. The van der Waals surface area contributed by atoms with Crippen LogP contribution in [0.25, 0.3) is 0 Å². The molecule has 1 fully saturated rings. The number of benzene rings is 1. The summed E-state index contributed by atoms with van der Waals surface area (Å²) in [6.07, 6.45) is 1.06. The SMILES string of the molecule is CCCNC(=S)NCC(c1ccc(OC)cc1)N1CCOCC1. The van der Waals surface area contributed by atoms with E-state index in [9.17, 15) is 0 Å². The highest BCUT2D eigenvalue weighted by atomic mass is 32.1. The third-order valence-electron chi connectivity index (χ3n) is 3.98. The molecule has 1 atom stereocenters. The first-order valence-corrected chi connectivity index (χ1v) is 8.63. The molecule has 5 nitrogen and oxygen atoms in total. The van der Waals surface area contributed by atoms with Crippen LogP contribution in [0.4, 0.5) is 0 Å². The lowest BCUT2D eigenvalue weighted by Gasteiger charge is -2.35. The summed E-state index contributed by atoms with van der Waals surface area (Å²) in [4.78, 5) is 2.45. The van der Waals surface area contributed by atoms with Crippen LogP contribution in [0.15, 0.2) is 24.3 Å². The average Bonchev–Trinajstić information content (AvgIpc) is 2.61. The maximum Gasteiger partial charge on any atom is 0.166 e. The van der Waals surface area contributed by atoms with Gasteiger partial charge in [0, 0.05) is 26.2 Å². The van der Waals surface area contributed by atoms with E-state index in [4.69, 9.17) is 21.7 Å². The molecule has 23 heavy (non-hydrogen) atoms. The van der Waals surface area contributed by atoms with E-state index in [2.05, 4.69) is 34.6 Å². The first kappa shape index (κ1) is 18.0.